The van der Waals surface area contributed by atoms with Crippen molar-refractivity contribution in [2.45, 2.75) is 32.9 Å². The lowest BCUT2D eigenvalue weighted by Gasteiger charge is -2.23. The predicted molar refractivity (Wildman–Crippen MR) is 135 cm³/mol. The molecule has 9 nitrogen and oxygen atoms in total. The number of carbonyl (C=O) groups is 1. The number of ketones is 1. The van der Waals surface area contributed by atoms with E-state index in [1.165, 1.54) is 10.7 Å². The zero-order valence-electron chi connectivity index (χ0n) is 20.5. The number of Topliss-reactive ketones (excluding diaryl/α,β-unsaturated/α-hetero) is 1. The van der Waals surface area contributed by atoms with Crippen LogP contribution < -0.4 is 5.32 Å². The molecule has 2 aromatic carbocycles. The van der Waals surface area contributed by atoms with Gasteiger partial charge in [0.15, 0.2) is 5.69 Å². The third-order valence-electron chi connectivity index (χ3n) is 6.16. The maximum atomic E-state index is 14.6. The predicted octanol–water partition coefficient (Wildman–Crippen LogP) is 4.64. The molecule has 0 aliphatic rings. The smallest absolute Gasteiger partial charge is 0.281 e. The molecule has 5 rings (SSSR count). The second-order valence-electron chi connectivity index (χ2n) is 9.04. The summed E-state index contributed by atoms with van der Waals surface area (Å²) in [6.45, 7) is 5.82. The summed E-state index contributed by atoms with van der Waals surface area (Å²) in [6, 6.07) is 17.5. The highest BCUT2D eigenvalue weighted by atomic mass is 19.1. The molecule has 0 amide bonds. The normalized spacial score (nSPS) is 11.6. The summed E-state index contributed by atoms with van der Waals surface area (Å²) in [7, 11) is 0. The largest absolute Gasteiger partial charge is 0.332 e. The quantitative estimate of drug-likeness (QED) is 0.330. The van der Waals surface area contributed by atoms with E-state index in [-0.39, 0.29) is 17.4 Å². The van der Waals surface area contributed by atoms with Crippen molar-refractivity contribution in [3.05, 3.63) is 84.4 Å². The van der Waals surface area contributed by atoms with E-state index in [4.69, 9.17) is 4.52 Å². The average Bonchev–Trinajstić information content (AvgIpc) is 3.56. The van der Waals surface area contributed by atoms with Gasteiger partial charge in [-0.15, -0.1) is 5.10 Å². The number of aromatic nitrogens is 6. The van der Waals surface area contributed by atoms with Crippen molar-refractivity contribution >= 4 is 5.78 Å². The topological polar surface area (TPSA) is 112 Å². The van der Waals surface area contributed by atoms with Gasteiger partial charge in [-0.1, -0.05) is 46.8 Å². The Bertz CT molecular complexity index is 1540. The van der Waals surface area contributed by atoms with Crippen LogP contribution in [0.1, 0.15) is 26.3 Å². The van der Waals surface area contributed by atoms with E-state index in [1.807, 2.05) is 38.1 Å². The van der Waals surface area contributed by atoms with Crippen molar-refractivity contribution in [1.29, 1.82) is 0 Å². The van der Waals surface area contributed by atoms with Gasteiger partial charge >= 0.3 is 0 Å². The highest BCUT2D eigenvalue weighted by molar-refractivity contribution is 5.85. The van der Waals surface area contributed by atoms with Gasteiger partial charge in [-0.05, 0) is 50.6 Å². The minimum absolute atomic E-state index is 0.0708. The van der Waals surface area contributed by atoms with Gasteiger partial charge in [-0.3, -0.25) is 9.78 Å². The van der Waals surface area contributed by atoms with Crippen LogP contribution in [0.5, 0.6) is 0 Å². The van der Waals surface area contributed by atoms with E-state index in [2.05, 4.69) is 30.8 Å². The number of rotatable bonds is 8. The molecule has 0 unspecified atom stereocenters. The lowest BCUT2D eigenvalue weighted by Crippen LogP contribution is -2.44. The Hall–Kier alpha value is -4.57. The number of para-hydroxylation sites is 1. The number of hydrogen-bond donors (Lipinski definition) is 1. The Morgan fingerprint density at radius 3 is 2.46 bits per heavy atom. The van der Waals surface area contributed by atoms with E-state index in [9.17, 15) is 9.18 Å². The minimum atomic E-state index is -0.603. The van der Waals surface area contributed by atoms with Crippen LogP contribution in [-0.4, -0.2) is 41.4 Å². The molecule has 3 heterocycles. The number of nitrogens with one attached hydrogen (secondary N) is 1. The van der Waals surface area contributed by atoms with Gasteiger partial charge < -0.3 is 9.84 Å². The van der Waals surface area contributed by atoms with Gasteiger partial charge in [-0.25, -0.2) is 9.07 Å². The molecule has 0 bridgehead atoms. The maximum absolute atomic E-state index is 14.6. The number of pyridine rings is 1. The molecule has 10 heteroatoms. The monoisotopic (exact) mass is 497 g/mol. The van der Waals surface area contributed by atoms with Crippen LogP contribution in [0.2, 0.25) is 0 Å². The fraction of sp³-hybridized carbons (Fsp3) is 0.185. The van der Waals surface area contributed by atoms with Crippen LogP contribution in [0.25, 0.3) is 39.9 Å². The summed E-state index contributed by atoms with van der Waals surface area (Å²) >= 11 is 0. The van der Waals surface area contributed by atoms with Gasteiger partial charge in [0.2, 0.25) is 5.82 Å². The van der Waals surface area contributed by atoms with Gasteiger partial charge in [0.25, 0.3) is 5.89 Å². The molecule has 0 spiro atoms. The number of benzene rings is 2. The molecule has 37 heavy (non-hydrogen) atoms. The number of carbonyl (C=O) groups excluding carboxylic acids is 1. The van der Waals surface area contributed by atoms with Crippen molar-refractivity contribution in [1.82, 2.24) is 35.4 Å². The first-order chi connectivity index (χ1) is 17.8. The van der Waals surface area contributed by atoms with Gasteiger partial charge in [-0.2, -0.15) is 4.98 Å². The summed E-state index contributed by atoms with van der Waals surface area (Å²) in [4.78, 5) is 20.3. The fourth-order valence-corrected chi connectivity index (χ4v) is 3.64. The zero-order valence-corrected chi connectivity index (χ0v) is 20.5. The van der Waals surface area contributed by atoms with Crippen LogP contribution in [0.3, 0.4) is 0 Å². The fourth-order valence-electron chi connectivity index (χ4n) is 3.64. The molecule has 0 aliphatic carbocycles. The van der Waals surface area contributed by atoms with Crippen molar-refractivity contribution < 1.29 is 13.7 Å². The highest BCUT2D eigenvalue weighted by Crippen LogP contribution is 2.32. The van der Waals surface area contributed by atoms with Gasteiger partial charge in [0.1, 0.15) is 23.0 Å². The first-order valence-corrected chi connectivity index (χ1v) is 11.6. The van der Waals surface area contributed by atoms with Crippen LogP contribution in [-0.2, 0) is 11.3 Å². The molecule has 0 aliphatic heterocycles. The summed E-state index contributed by atoms with van der Waals surface area (Å²) in [5.41, 5.74) is 2.92. The molecule has 0 atom stereocenters. The van der Waals surface area contributed by atoms with Crippen LogP contribution in [0.4, 0.5) is 4.39 Å². The van der Waals surface area contributed by atoms with E-state index >= 15 is 0 Å². The number of hydrogen-bond acceptors (Lipinski definition) is 8. The molecule has 0 saturated carbocycles. The summed E-state index contributed by atoms with van der Waals surface area (Å²) in [5, 5.41) is 15.8. The SMILES string of the molecule is CC(=O)C(C)(C)NCc1ccc(-c2noc(-c3nnn(-c4ccccc4F)c3-c3ccncc3)n2)cc1. The lowest BCUT2D eigenvalue weighted by atomic mass is 10.00. The third-order valence-corrected chi connectivity index (χ3v) is 6.16. The molecule has 186 valence electrons. The second kappa shape index (κ2) is 9.82. The van der Waals surface area contributed by atoms with Crippen molar-refractivity contribution in [3.63, 3.8) is 0 Å². The molecular weight excluding hydrogens is 473 g/mol. The zero-order chi connectivity index (χ0) is 26.0. The first kappa shape index (κ1) is 24.1. The van der Waals surface area contributed by atoms with Gasteiger partial charge in [0, 0.05) is 30.1 Å². The Kier molecular flexibility index (Phi) is 6.41. The van der Waals surface area contributed by atoms with Gasteiger partial charge in [0.05, 0.1) is 5.54 Å². The average molecular weight is 498 g/mol. The molecule has 3 aromatic heterocycles. The number of nitrogens with zero attached hydrogens (tertiary/aromatic N) is 6. The lowest BCUT2D eigenvalue weighted by molar-refractivity contribution is -0.122. The number of halogens is 1. The van der Waals surface area contributed by atoms with Crippen molar-refractivity contribution in [3.8, 4) is 39.9 Å². The van der Waals surface area contributed by atoms with E-state index in [0.717, 1.165) is 11.1 Å². The van der Waals surface area contributed by atoms with Crippen LogP contribution in [0.15, 0.2) is 77.6 Å². The van der Waals surface area contributed by atoms with Crippen molar-refractivity contribution in [2.24, 2.45) is 0 Å². The maximum Gasteiger partial charge on any atom is 0.281 e. The standard InChI is InChI=1S/C27H24FN7O2/c1-17(36)27(2,3)30-16-18-8-10-20(11-9-18)25-31-26(37-33-25)23-24(19-12-14-29-15-13-19)35(34-32-23)22-7-5-4-6-21(22)28/h4-15,30H,16H2,1-3H3. The molecule has 0 fully saturated rings. The molecular formula is C27H24FN7O2. The molecule has 1 N–H and O–H groups in total. The molecule has 0 radical (unpaired) electrons. The summed E-state index contributed by atoms with van der Waals surface area (Å²) in [6.07, 6.45) is 3.26. The van der Waals surface area contributed by atoms with Crippen molar-refractivity contribution in [2.75, 3.05) is 0 Å². The van der Waals surface area contributed by atoms with Crippen LogP contribution in [0, 0.1) is 5.82 Å². The Morgan fingerprint density at radius 2 is 1.76 bits per heavy atom. The summed E-state index contributed by atoms with van der Waals surface area (Å²) < 4.78 is 21.6. The van der Waals surface area contributed by atoms with E-state index in [1.54, 1.807) is 49.6 Å². The second-order valence-corrected chi connectivity index (χ2v) is 9.04. The first-order valence-electron chi connectivity index (χ1n) is 11.6. The molecule has 5 aromatic rings. The minimum Gasteiger partial charge on any atom is -0.332 e. The van der Waals surface area contributed by atoms with Crippen LogP contribution >= 0.6 is 0 Å². The van der Waals surface area contributed by atoms with E-state index in [0.29, 0.717) is 29.3 Å². The third kappa shape index (κ3) is 4.91. The van der Waals surface area contributed by atoms with E-state index < -0.39 is 11.4 Å². The highest BCUT2D eigenvalue weighted by Gasteiger charge is 2.25. The summed E-state index contributed by atoms with van der Waals surface area (Å²) in [5.74, 6) is 0.154. The Morgan fingerprint density at radius 1 is 1.03 bits per heavy atom. The Labute approximate surface area is 212 Å². The Balaban J connectivity index is 1.46. The molecule has 0 saturated heterocycles.